The monoisotopic (exact) mass is 354 g/mol. The number of nitrogens with zero attached hydrogens (tertiary/aromatic N) is 3. The summed E-state index contributed by atoms with van der Waals surface area (Å²) < 4.78 is 5.16. The quantitative estimate of drug-likeness (QED) is 0.863. The molecule has 2 aromatic rings. The zero-order valence-electron chi connectivity index (χ0n) is 15.4. The summed E-state index contributed by atoms with van der Waals surface area (Å²) in [6, 6.07) is 9.83. The minimum atomic E-state index is -0.0104. The number of piperidine rings is 1. The number of amides is 1. The van der Waals surface area contributed by atoms with Crippen LogP contribution in [0.1, 0.15) is 24.1 Å². The van der Waals surface area contributed by atoms with Crippen molar-refractivity contribution in [2.45, 2.75) is 26.2 Å². The molecular formula is C20H26N4O2. The number of anilines is 1. The fourth-order valence-corrected chi connectivity index (χ4v) is 3.23. The van der Waals surface area contributed by atoms with Crippen LogP contribution in [0.3, 0.4) is 0 Å². The molecule has 1 fully saturated rings. The van der Waals surface area contributed by atoms with Gasteiger partial charge in [-0.3, -0.25) is 4.79 Å². The average Bonchev–Trinajstić information content (AvgIpc) is 2.68. The molecule has 26 heavy (non-hydrogen) atoms. The van der Waals surface area contributed by atoms with E-state index in [9.17, 15) is 4.79 Å². The van der Waals surface area contributed by atoms with Gasteiger partial charge in [-0.1, -0.05) is 12.1 Å². The van der Waals surface area contributed by atoms with Crippen LogP contribution >= 0.6 is 0 Å². The smallest absolute Gasteiger partial charge is 0.225 e. The molecule has 6 nitrogen and oxygen atoms in total. The number of aryl methyl sites for hydroxylation is 1. The lowest BCUT2D eigenvalue weighted by Gasteiger charge is -2.32. The second-order valence-corrected chi connectivity index (χ2v) is 6.67. The van der Waals surface area contributed by atoms with Crippen molar-refractivity contribution in [3.05, 3.63) is 47.8 Å². The van der Waals surface area contributed by atoms with Gasteiger partial charge in [0, 0.05) is 31.5 Å². The molecule has 2 heterocycles. The molecule has 0 unspecified atom stereocenters. The van der Waals surface area contributed by atoms with E-state index in [1.807, 2.05) is 37.3 Å². The van der Waals surface area contributed by atoms with Crippen LogP contribution in [0.2, 0.25) is 0 Å². The van der Waals surface area contributed by atoms with E-state index < -0.39 is 0 Å². The first-order valence-electron chi connectivity index (χ1n) is 9.11. The number of hydrogen-bond donors (Lipinski definition) is 1. The van der Waals surface area contributed by atoms with Crippen LogP contribution in [-0.2, 0) is 11.2 Å². The first-order chi connectivity index (χ1) is 12.7. The summed E-state index contributed by atoms with van der Waals surface area (Å²) in [6.45, 7) is 4.18. The summed E-state index contributed by atoms with van der Waals surface area (Å²) in [5.41, 5.74) is 2.13. The lowest BCUT2D eigenvalue weighted by atomic mass is 9.97. The largest absolute Gasteiger partial charge is 0.497 e. The van der Waals surface area contributed by atoms with Crippen molar-refractivity contribution in [2.75, 3.05) is 31.6 Å². The molecule has 138 valence electrons. The molecule has 1 aliphatic heterocycles. The van der Waals surface area contributed by atoms with Crippen LogP contribution in [0.5, 0.6) is 5.75 Å². The molecule has 1 aromatic heterocycles. The Morgan fingerprint density at radius 1 is 1.31 bits per heavy atom. The van der Waals surface area contributed by atoms with E-state index in [2.05, 4.69) is 20.2 Å². The van der Waals surface area contributed by atoms with E-state index in [-0.39, 0.29) is 11.8 Å². The van der Waals surface area contributed by atoms with Gasteiger partial charge in [-0.25, -0.2) is 9.97 Å². The van der Waals surface area contributed by atoms with Crippen molar-refractivity contribution in [1.29, 1.82) is 0 Å². The van der Waals surface area contributed by atoms with Gasteiger partial charge in [-0.15, -0.1) is 0 Å². The molecule has 1 aromatic carbocycles. The zero-order chi connectivity index (χ0) is 18.4. The molecular weight excluding hydrogens is 328 g/mol. The third-order valence-electron chi connectivity index (χ3n) is 4.73. The number of carbonyl (C=O) groups excluding carboxylic acids is 1. The molecule has 3 rings (SSSR count). The summed E-state index contributed by atoms with van der Waals surface area (Å²) in [5, 5.41) is 3.08. The lowest BCUT2D eigenvalue weighted by molar-refractivity contribution is -0.125. The van der Waals surface area contributed by atoms with Gasteiger partial charge in [0.25, 0.3) is 0 Å². The van der Waals surface area contributed by atoms with E-state index in [0.717, 1.165) is 43.2 Å². The number of benzene rings is 1. The van der Waals surface area contributed by atoms with E-state index in [1.54, 1.807) is 13.3 Å². The Kier molecular flexibility index (Phi) is 6.04. The molecule has 0 aliphatic carbocycles. The van der Waals surface area contributed by atoms with Gasteiger partial charge in [0.15, 0.2) is 0 Å². The number of rotatable bonds is 6. The standard InChI is InChI=1S/C20H26N4O2/c1-15-9-11-22-20(23-15)24-13-3-4-17(14-24)19(25)21-12-10-16-5-7-18(26-2)8-6-16/h5-9,11,17H,3-4,10,12-14H2,1-2H3,(H,21,25)/t17-/m1/s1. The van der Waals surface area contributed by atoms with Crippen molar-refractivity contribution in [3.8, 4) is 5.75 Å². The van der Waals surface area contributed by atoms with Crippen LogP contribution in [0, 0.1) is 12.8 Å². The van der Waals surface area contributed by atoms with Gasteiger partial charge in [0.2, 0.25) is 11.9 Å². The highest BCUT2D eigenvalue weighted by molar-refractivity contribution is 5.79. The Morgan fingerprint density at radius 3 is 2.85 bits per heavy atom. The minimum Gasteiger partial charge on any atom is -0.497 e. The maximum Gasteiger partial charge on any atom is 0.225 e. The molecule has 6 heteroatoms. The maximum absolute atomic E-state index is 12.5. The number of hydrogen-bond acceptors (Lipinski definition) is 5. The summed E-state index contributed by atoms with van der Waals surface area (Å²) in [5.74, 6) is 1.68. The highest BCUT2D eigenvalue weighted by Crippen LogP contribution is 2.20. The average molecular weight is 354 g/mol. The van der Waals surface area contributed by atoms with Crippen molar-refractivity contribution in [1.82, 2.24) is 15.3 Å². The minimum absolute atomic E-state index is 0.0104. The molecule has 1 saturated heterocycles. The van der Waals surface area contributed by atoms with Gasteiger partial charge < -0.3 is 15.0 Å². The number of methoxy groups -OCH3 is 1. The number of carbonyl (C=O) groups is 1. The first-order valence-corrected chi connectivity index (χ1v) is 9.11. The number of aromatic nitrogens is 2. The van der Waals surface area contributed by atoms with E-state index in [4.69, 9.17) is 4.74 Å². The fraction of sp³-hybridized carbons (Fsp3) is 0.450. The van der Waals surface area contributed by atoms with Crippen molar-refractivity contribution in [2.24, 2.45) is 5.92 Å². The Balaban J connectivity index is 1.49. The van der Waals surface area contributed by atoms with Crippen LogP contribution < -0.4 is 15.0 Å². The predicted molar refractivity (Wildman–Crippen MR) is 101 cm³/mol. The SMILES string of the molecule is COc1ccc(CCNC(=O)[C@@H]2CCCN(c3nccc(C)n3)C2)cc1. The van der Waals surface area contributed by atoms with Gasteiger partial charge in [-0.05, 0) is 49.9 Å². The predicted octanol–water partition coefficient (Wildman–Crippen LogP) is 2.37. The number of nitrogens with one attached hydrogen (secondary N) is 1. The van der Waals surface area contributed by atoms with E-state index in [1.165, 1.54) is 5.56 Å². The normalized spacial score (nSPS) is 17.0. The highest BCUT2D eigenvalue weighted by Gasteiger charge is 2.26. The maximum atomic E-state index is 12.5. The van der Waals surface area contributed by atoms with Crippen LogP contribution in [-0.4, -0.2) is 42.6 Å². The summed E-state index contributed by atoms with van der Waals surface area (Å²) in [4.78, 5) is 23.5. The molecule has 1 atom stereocenters. The van der Waals surface area contributed by atoms with E-state index in [0.29, 0.717) is 13.1 Å². The molecule has 0 bridgehead atoms. The van der Waals surface area contributed by atoms with Gasteiger partial charge in [0.05, 0.1) is 13.0 Å². The summed E-state index contributed by atoms with van der Waals surface area (Å²) in [6.07, 6.45) is 4.48. The van der Waals surface area contributed by atoms with Gasteiger partial charge in [-0.2, -0.15) is 0 Å². The zero-order valence-corrected chi connectivity index (χ0v) is 15.4. The first kappa shape index (κ1) is 18.2. The van der Waals surface area contributed by atoms with E-state index >= 15 is 0 Å². The number of ether oxygens (including phenoxy) is 1. The third-order valence-corrected chi connectivity index (χ3v) is 4.73. The Labute approximate surface area is 154 Å². The molecule has 1 amide bonds. The molecule has 1 N–H and O–H groups in total. The van der Waals surface area contributed by atoms with Crippen molar-refractivity contribution < 1.29 is 9.53 Å². The Bertz CT molecular complexity index is 733. The van der Waals surface area contributed by atoms with Crippen molar-refractivity contribution in [3.63, 3.8) is 0 Å². The highest BCUT2D eigenvalue weighted by atomic mass is 16.5. The topological polar surface area (TPSA) is 67.3 Å². The molecule has 1 aliphatic rings. The second kappa shape index (κ2) is 8.65. The van der Waals surface area contributed by atoms with Crippen LogP contribution in [0.15, 0.2) is 36.5 Å². The molecule has 0 saturated carbocycles. The Hall–Kier alpha value is -2.63. The lowest BCUT2D eigenvalue weighted by Crippen LogP contribution is -2.44. The van der Waals surface area contributed by atoms with Gasteiger partial charge >= 0.3 is 0 Å². The summed E-state index contributed by atoms with van der Waals surface area (Å²) >= 11 is 0. The Morgan fingerprint density at radius 2 is 2.12 bits per heavy atom. The second-order valence-electron chi connectivity index (χ2n) is 6.67. The van der Waals surface area contributed by atoms with Crippen LogP contribution in [0.25, 0.3) is 0 Å². The molecule has 0 spiro atoms. The summed E-state index contributed by atoms with van der Waals surface area (Å²) in [7, 11) is 1.66. The van der Waals surface area contributed by atoms with Gasteiger partial charge in [0.1, 0.15) is 5.75 Å². The fourth-order valence-electron chi connectivity index (χ4n) is 3.23. The molecule has 0 radical (unpaired) electrons. The third kappa shape index (κ3) is 4.71. The van der Waals surface area contributed by atoms with Crippen molar-refractivity contribution >= 4 is 11.9 Å². The van der Waals surface area contributed by atoms with Crippen LogP contribution in [0.4, 0.5) is 5.95 Å².